The molecule has 0 bridgehead atoms. The Hall–Kier alpha value is -3.13. The number of benzene rings is 1. The van der Waals surface area contributed by atoms with Crippen LogP contribution < -0.4 is 10.6 Å². The topological polar surface area (TPSA) is 105 Å². The predicted molar refractivity (Wildman–Crippen MR) is 89.9 cm³/mol. The third-order valence-electron chi connectivity index (χ3n) is 3.69. The molecule has 2 heterocycles. The van der Waals surface area contributed by atoms with E-state index in [1.807, 2.05) is 24.3 Å². The number of nitrogens with one attached hydrogen (secondary N) is 2. The van der Waals surface area contributed by atoms with Gasteiger partial charge in [0.2, 0.25) is 0 Å². The minimum Gasteiger partial charge on any atom is -0.466 e. The standard InChI is InChI=1S/C17H19N5O3/c1-17(24,15-6-3-7-25-15)10-20-16(23)19-9-13-4-2-5-14(8-13)22-12-18-11-21-22/h2-8,11-12,24H,9-10H2,1H3,(H2,19,20,23)/t17-/m0/s1. The van der Waals surface area contributed by atoms with Crippen LogP contribution in [0.3, 0.4) is 0 Å². The van der Waals surface area contributed by atoms with E-state index >= 15 is 0 Å². The van der Waals surface area contributed by atoms with Crippen molar-refractivity contribution in [1.29, 1.82) is 0 Å². The monoisotopic (exact) mass is 341 g/mol. The van der Waals surface area contributed by atoms with E-state index in [0.29, 0.717) is 12.3 Å². The van der Waals surface area contributed by atoms with Crippen molar-refractivity contribution in [2.75, 3.05) is 6.54 Å². The highest BCUT2D eigenvalue weighted by Gasteiger charge is 2.26. The predicted octanol–water partition coefficient (Wildman–Crippen LogP) is 1.57. The summed E-state index contributed by atoms with van der Waals surface area (Å²) in [5, 5.41) is 19.8. The molecule has 0 unspecified atom stereocenters. The van der Waals surface area contributed by atoms with Crippen LogP contribution in [0, 0.1) is 0 Å². The summed E-state index contributed by atoms with van der Waals surface area (Å²) in [5.41, 5.74) is 0.507. The second-order valence-electron chi connectivity index (χ2n) is 5.80. The van der Waals surface area contributed by atoms with Crippen molar-refractivity contribution in [1.82, 2.24) is 25.4 Å². The highest BCUT2D eigenvalue weighted by Crippen LogP contribution is 2.19. The Morgan fingerprint density at radius 2 is 2.20 bits per heavy atom. The SMILES string of the molecule is C[C@](O)(CNC(=O)NCc1cccc(-n2cncn2)c1)c1ccco1. The molecule has 2 aromatic heterocycles. The number of hydrogen-bond donors (Lipinski definition) is 3. The van der Waals surface area contributed by atoms with Crippen molar-refractivity contribution in [3.05, 3.63) is 66.6 Å². The van der Waals surface area contributed by atoms with Gasteiger partial charge in [0.15, 0.2) is 0 Å². The Morgan fingerprint density at radius 1 is 1.32 bits per heavy atom. The fourth-order valence-electron chi connectivity index (χ4n) is 2.32. The lowest BCUT2D eigenvalue weighted by atomic mass is 10.0. The molecule has 1 atom stereocenters. The van der Waals surface area contributed by atoms with Gasteiger partial charge >= 0.3 is 6.03 Å². The van der Waals surface area contributed by atoms with Crippen molar-refractivity contribution in [2.45, 2.75) is 19.1 Å². The van der Waals surface area contributed by atoms with Gasteiger partial charge in [-0.2, -0.15) is 5.10 Å². The van der Waals surface area contributed by atoms with E-state index < -0.39 is 5.60 Å². The van der Waals surface area contributed by atoms with Crippen LogP contribution in [0.5, 0.6) is 0 Å². The lowest BCUT2D eigenvalue weighted by Crippen LogP contribution is -2.43. The van der Waals surface area contributed by atoms with Crippen LogP contribution in [-0.4, -0.2) is 32.4 Å². The number of amides is 2. The largest absolute Gasteiger partial charge is 0.466 e. The van der Waals surface area contributed by atoms with Crippen LogP contribution in [0.4, 0.5) is 4.79 Å². The summed E-state index contributed by atoms with van der Waals surface area (Å²) in [6.07, 6.45) is 4.55. The molecule has 0 spiro atoms. The second-order valence-corrected chi connectivity index (χ2v) is 5.80. The number of hydrogen-bond acceptors (Lipinski definition) is 5. The molecule has 0 saturated heterocycles. The lowest BCUT2D eigenvalue weighted by molar-refractivity contribution is 0.0367. The van der Waals surface area contributed by atoms with Crippen molar-refractivity contribution in [3.63, 3.8) is 0 Å². The van der Waals surface area contributed by atoms with E-state index in [0.717, 1.165) is 11.3 Å². The molecular weight excluding hydrogens is 322 g/mol. The van der Waals surface area contributed by atoms with Gasteiger partial charge in [0.25, 0.3) is 0 Å². The summed E-state index contributed by atoms with van der Waals surface area (Å²) in [6, 6.07) is 10.6. The average Bonchev–Trinajstić information content (AvgIpc) is 3.32. The van der Waals surface area contributed by atoms with Crippen LogP contribution in [0.2, 0.25) is 0 Å². The number of urea groups is 1. The first-order valence-electron chi connectivity index (χ1n) is 7.76. The van der Waals surface area contributed by atoms with Gasteiger partial charge in [0.05, 0.1) is 18.5 Å². The van der Waals surface area contributed by atoms with Gasteiger partial charge in [-0.15, -0.1) is 0 Å². The second kappa shape index (κ2) is 7.18. The van der Waals surface area contributed by atoms with E-state index in [1.165, 1.54) is 12.6 Å². The quantitative estimate of drug-likeness (QED) is 0.631. The van der Waals surface area contributed by atoms with Gasteiger partial charge in [-0.3, -0.25) is 0 Å². The van der Waals surface area contributed by atoms with E-state index in [4.69, 9.17) is 4.42 Å². The Bertz CT molecular complexity index is 813. The number of rotatable bonds is 6. The van der Waals surface area contributed by atoms with Crippen LogP contribution in [0.1, 0.15) is 18.2 Å². The number of aromatic nitrogens is 3. The average molecular weight is 341 g/mol. The highest BCUT2D eigenvalue weighted by atomic mass is 16.4. The molecule has 130 valence electrons. The molecule has 3 rings (SSSR count). The van der Waals surface area contributed by atoms with Crippen molar-refractivity contribution < 1.29 is 14.3 Å². The lowest BCUT2D eigenvalue weighted by Gasteiger charge is -2.21. The summed E-state index contributed by atoms with van der Waals surface area (Å²) in [5.74, 6) is 0.397. The molecule has 3 N–H and O–H groups in total. The third kappa shape index (κ3) is 4.24. The van der Waals surface area contributed by atoms with E-state index in [2.05, 4.69) is 20.7 Å². The molecule has 2 amide bonds. The summed E-state index contributed by atoms with van der Waals surface area (Å²) in [7, 11) is 0. The summed E-state index contributed by atoms with van der Waals surface area (Å²) < 4.78 is 6.82. The molecular formula is C17H19N5O3. The fourth-order valence-corrected chi connectivity index (χ4v) is 2.32. The van der Waals surface area contributed by atoms with E-state index in [9.17, 15) is 9.90 Å². The molecule has 25 heavy (non-hydrogen) atoms. The maximum Gasteiger partial charge on any atom is 0.315 e. The summed E-state index contributed by atoms with van der Waals surface area (Å²) in [6.45, 7) is 1.95. The van der Waals surface area contributed by atoms with Gasteiger partial charge in [-0.05, 0) is 36.8 Å². The maximum absolute atomic E-state index is 12.0. The van der Waals surface area contributed by atoms with Crippen LogP contribution in [0.25, 0.3) is 5.69 Å². The van der Waals surface area contributed by atoms with Gasteiger partial charge in [-0.1, -0.05) is 12.1 Å². The maximum atomic E-state index is 12.0. The molecule has 0 fully saturated rings. The number of carbonyl (C=O) groups is 1. The highest BCUT2D eigenvalue weighted by molar-refractivity contribution is 5.73. The minimum atomic E-state index is -1.27. The van der Waals surface area contributed by atoms with Crippen molar-refractivity contribution in [3.8, 4) is 5.69 Å². The van der Waals surface area contributed by atoms with Gasteiger partial charge in [0.1, 0.15) is 24.0 Å². The van der Waals surface area contributed by atoms with Crippen molar-refractivity contribution in [2.24, 2.45) is 0 Å². The normalized spacial score (nSPS) is 13.2. The first kappa shape index (κ1) is 16.7. The molecule has 0 saturated carbocycles. The molecule has 1 aromatic carbocycles. The van der Waals surface area contributed by atoms with Crippen LogP contribution in [0.15, 0.2) is 59.7 Å². The number of furan rings is 1. The first-order chi connectivity index (χ1) is 12.0. The van der Waals surface area contributed by atoms with Crippen molar-refractivity contribution >= 4 is 6.03 Å². The number of carbonyl (C=O) groups excluding carboxylic acids is 1. The van der Waals surface area contributed by atoms with Crippen LogP contribution >= 0.6 is 0 Å². The zero-order valence-corrected chi connectivity index (χ0v) is 13.7. The number of aliphatic hydroxyl groups is 1. The Morgan fingerprint density at radius 3 is 2.92 bits per heavy atom. The molecule has 3 aromatic rings. The Kier molecular flexibility index (Phi) is 4.80. The van der Waals surface area contributed by atoms with E-state index in [1.54, 1.807) is 30.1 Å². The molecule has 0 aliphatic carbocycles. The molecule has 0 radical (unpaired) electrons. The van der Waals surface area contributed by atoms with Gasteiger partial charge in [-0.25, -0.2) is 14.5 Å². The molecule has 8 nitrogen and oxygen atoms in total. The number of nitrogens with zero attached hydrogens (tertiary/aromatic N) is 3. The Labute approximate surface area is 144 Å². The van der Waals surface area contributed by atoms with Gasteiger partial charge < -0.3 is 20.2 Å². The molecule has 0 aliphatic rings. The smallest absolute Gasteiger partial charge is 0.315 e. The van der Waals surface area contributed by atoms with E-state index in [-0.39, 0.29) is 12.6 Å². The molecule has 8 heteroatoms. The molecule has 0 aliphatic heterocycles. The van der Waals surface area contributed by atoms with Crippen LogP contribution in [-0.2, 0) is 12.1 Å². The summed E-state index contributed by atoms with van der Waals surface area (Å²) >= 11 is 0. The fraction of sp³-hybridized carbons (Fsp3) is 0.235. The summed E-state index contributed by atoms with van der Waals surface area (Å²) in [4.78, 5) is 15.9. The minimum absolute atomic E-state index is 0.0331. The zero-order chi connectivity index (χ0) is 17.7. The Balaban J connectivity index is 1.52. The first-order valence-corrected chi connectivity index (χ1v) is 7.76. The third-order valence-corrected chi connectivity index (χ3v) is 3.69. The van der Waals surface area contributed by atoms with Gasteiger partial charge in [0, 0.05) is 6.54 Å². The zero-order valence-electron chi connectivity index (χ0n) is 13.7.